The highest BCUT2D eigenvalue weighted by Crippen LogP contribution is 2.57. The van der Waals surface area contributed by atoms with Crippen molar-refractivity contribution in [2.45, 2.75) is 38.5 Å². The Morgan fingerprint density at radius 1 is 0.179 bits per heavy atom. The van der Waals surface area contributed by atoms with E-state index in [4.69, 9.17) is 8.83 Å². The van der Waals surface area contributed by atoms with Crippen molar-refractivity contribution in [1.29, 1.82) is 0 Å². The fourth-order valence-electron chi connectivity index (χ4n) is 20.4. The molecule has 0 radical (unpaired) electrons. The Hall–Kier alpha value is -13.9. The Labute approximate surface area is 647 Å². The van der Waals surface area contributed by atoms with Crippen molar-refractivity contribution in [2.75, 3.05) is 0 Å². The highest BCUT2D eigenvalue weighted by Gasteiger charge is 2.40. The molecule has 0 atom stereocenters. The van der Waals surface area contributed by atoms with E-state index in [1.54, 1.807) is 0 Å². The predicted octanol–water partition coefficient (Wildman–Crippen LogP) is 31.0. The van der Waals surface area contributed by atoms with Gasteiger partial charge in [-0.3, -0.25) is 0 Å². The third-order valence-corrected chi connectivity index (χ3v) is 25.8. The molecule has 0 N–H and O–H groups in total. The normalized spacial score (nSPS) is 13.5. The maximum Gasteiger partial charge on any atom is 0.143 e. The van der Waals surface area contributed by atoms with Crippen molar-refractivity contribution in [3.63, 3.8) is 0 Å². The fourth-order valence-corrected chi connectivity index (χ4v) is 20.4. The molecule has 0 fully saturated rings. The van der Waals surface area contributed by atoms with Gasteiger partial charge in [0.2, 0.25) is 0 Å². The molecular formula is C110H70O2. The number of fused-ring (bicyclic) bond motifs is 23. The molecular weight excluding hydrogens is 1350 g/mol. The summed E-state index contributed by atoms with van der Waals surface area (Å²) in [7, 11) is 0. The fraction of sp³-hybridized carbons (Fsp3) is 0.0545. The van der Waals surface area contributed by atoms with Crippen LogP contribution in [0.25, 0.3) is 230 Å². The lowest BCUT2D eigenvalue weighted by Gasteiger charge is -2.22. The van der Waals surface area contributed by atoms with E-state index in [0.717, 1.165) is 65.8 Å². The zero-order chi connectivity index (χ0) is 74.0. The van der Waals surface area contributed by atoms with Gasteiger partial charge in [0.25, 0.3) is 0 Å². The Bertz CT molecular complexity index is 7780. The summed E-state index contributed by atoms with van der Waals surface area (Å²) in [5.41, 5.74) is 30.5. The van der Waals surface area contributed by atoms with E-state index < -0.39 is 0 Å². The van der Waals surface area contributed by atoms with Gasteiger partial charge in [0.1, 0.15) is 22.3 Å². The van der Waals surface area contributed by atoms with Gasteiger partial charge in [0.15, 0.2) is 0 Å². The second-order valence-electron chi connectivity index (χ2n) is 32.4. The van der Waals surface area contributed by atoms with Gasteiger partial charge in [-0.25, -0.2) is 0 Å². The zero-order valence-electron chi connectivity index (χ0n) is 62.3. The average molecular weight is 1420 g/mol. The van der Waals surface area contributed by atoms with Crippen LogP contribution < -0.4 is 0 Å². The van der Waals surface area contributed by atoms with Crippen molar-refractivity contribution in [3.05, 3.63) is 374 Å². The smallest absolute Gasteiger partial charge is 0.143 e. The maximum absolute atomic E-state index is 7.27. The summed E-state index contributed by atoms with van der Waals surface area (Å²) in [6.45, 7) is 9.53. The van der Waals surface area contributed by atoms with Crippen LogP contribution in [0.1, 0.15) is 49.9 Å². The van der Waals surface area contributed by atoms with E-state index in [-0.39, 0.29) is 10.8 Å². The molecule has 20 aromatic carbocycles. The van der Waals surface area contributed by atoms with Crippen LogP contribution >= 0.6 is 0 Å². The summed E-state index contributed by atoms with van der Waals surface area (Å²) < 4.78 is 14.2. The summed E-state index contributed by atoms with van der Waals surface area (Å²) in [4.78, 5) is 0. The monoisotopic (exact) mass is 1420 g/mol. The van der Waals surface area contributed by atoms with Crippen molar-refractivity contribution in [1.82, 2.24) is 0 Å². The van der Waals surface area contributed by atoms with Crippen LogP contribution in [0, 0.1) is 0 Å². The maximum atomic E-state index is 7.27. The summed E-state index contributed by atoms with van der Waals surface area (Å²) in [6.07, 6.45) is 0. The Kier molecular flexibility index (Phi) is 13.1. The molecule has 2 heterocycles. The summed E-state index contributed by atoms with van der Waals surface area (Å²) in [5.74, 6) is 0. The van der Waals surface area contributed by atoms with Crippen LogP contribution in [0.15, 0.2) is 361 Å². The molecule has 112 heavy (non-hydrogen) atoms. The van der Waals surface area contributed by atoms with Gasteiger partial charge in [0.05, 0.1) is 0 Å². The van der Waals surface area contributed by atoms with Crippen LogP contribution in [-0.4, -0.2) is 0 Å². The molecule has 0 spiro atoms. The topological polar surface area (TPSA) is 26.3 Å². The molecule has 0 saturated heterocycles. The van der Waals surface area contributed by atoms with Crippen LogP contribution in [0.4, 0.5) is 0 Å². The van der Waals surface area contributed by atoms with Crippen molar-refractivity contribution in [2.24, 2.45) is 0 Å². The minimum absolute atomic E-state index is 0.254. The predicted molar refractivity (Wildman–Crippen MR) is 474 cm³/mol. The Morgan fingerprint density at radius 3 is 1.14 bits per heavy atom. The van der Waals surface area contributed by atoms with E-state index in [9.17, 15) is 0 Å². The van der Waals surface area contributed by atoms with Crippen molar-refractivity contribution in [3.8, 4) is 100 Å². The van der Waals surface area contributed by atoms with Gasteiger partial charge < -0.3 is 8.83 Å². The first-order valence-corrected chi connectivity index (χ1v) is 39.3. The molecule has 0 bridgehead atoms. The van der Waals surface area contributed by atoms with E-state index >= 15 is 0 Å². The molecule has 24 rings (SSSR count). The summed E-state index contributed by atoms with van der Waals surface area (Å²) in [5, 5.41) is 24.3. The molecule has 2 heteroatoms. The number of hydrogen-bond acceptors (Lipinski definition) is 2. The number of furan rings is 2. The molecule has 2 aromatic heterocycles. The first kappa shape index (κ1) is 63.1. The van der Waals surface area contributed by atoms with Gasteiger partial charge in [0, 0.05) is 43.3 Å². The quantitative estimate of drug-likeness (QED) is 0.149. The van der Waals surface area contributed by atoms with E-state index in [2.05, 4.69) is 380 Å². The van der Waals surface area contributed by atoms with Gasteiger partial charge in [-0.15, -0.1) is 0 Å². The lowest BCUT2D eigenvalue weighted by molar-refractivity contribution is 0.654. The van der Waals surface area contributed by atoms with E-state index in [1.807, 2.05) is 0 Å². The Morgan fingerprint density at radius 2 is 0.571 bits per heavy atom. The van der Waals surface area contributed by atoms with Crippen molar-refractivity contribution < 1.29 is 8.83 Å². The molecule has 0 unspecified atom stereocenters. The largest absolute Gasteiger partial charge is 0.456 e. The number of benzene rings is 20. The van der Waals surface area contributed by atoms with Gasteiger partial charge >= 0.3 is 0 Å². The minimum Gasteiger partial charge on any atom is -0.456 e. The molecule has 2 nitrogen and oxygen atoms in total. The van der Waals surface area contributed by atoms with Crippen LogP contribution in [0.3, 0.4) is 0 Å². The molecule has 2 aliphatic rings. The molecule has 2 aliphatic carbocycles. The van der Waals surface area contributed by atoms with Crippen LogP contribution in [-0.2, 0) is 10.8 Å². The Balaban J connectivity index is 0.536. The third-order valence-electron chi connectivity index (χ3n) is 25.8. The van der Waals surface area contributed by atoms with E-state index in [1.165, 1.54) is 187 Å². The highest BCUT2D eigenvalue weighted by atomic mass is 16.3. The number of hydrogen-bond donors (Lipinski definition) is 0. The van der Waals surface area contributed by atoms with E-state index in [0.29, 0.717) is 0 Å². The first-order valence-electron chi connectivity index (χ1n) is 39.3. The third kappa shape index (κ3) is 8.98. The standard InChI is InChI=1S/C110H70O2/c1-109(2)95-55-54-90-89-52-48-74-57-70(45-50-77(74)107(89)112-108(90)106(95)91-53-47-73(60-97(91)109)64-37-42-69(43-38-64)102-83-27-11-15-31-87(83)104(88-32-16-12-28-84(88)102)80-34-18-22-66-20-6-8-24-76(66)80)71-44-39-67-49-56-99-105(92(67)58-71)94-61-98-93(62-100(94)111-99)78-51-46-72(59-96(78)110(98,3)4)63-35-40-68(41-36-63)101-81-25-9-13-29-85(81)103(86-30-14-10-26-82(86)101)79-33-17-21-65-19-5-7-23-75(65)79/h5-62H,1-4H3. The van der Waals surface area contributed by atoms with Crippen LogP contribution in [0.2, 0.25) is 0 Å². The SMILES string of the molecule is CC1(C)c2cc(-c3ccc(-c4c5ccccc5c(-c5cccc6ccccc56)c5ccccc45)cc3)ccc2-c2cc3oc4ccc5ccc(-c6ccc7c(ccc8c9ccc%10c(c9oc78)-c7ccc(-c8ccc(-c9c%11ccccc%11c(-c%11cccc%12ccccc%11%12)c%11ccccc9%11)cc8)cc7C%10(C)C)c6)cc5c4c3cc21. The number of rotatable bonds is 7. The lowest BCUT2D eigenvalue weighted by Crippen LogP contribution is -2.15. The first-order chi connectivity index (χ1) is 55.0. The lowest BCUT2D eigenvalue weighted by atomic mass is 9.81. The zero-order valence-corrected chi connectivity index (χ0v) is 62.3. The highest BCUT2D eigenvalue weighted by molar-refractivity contribution is 6.27. The minimum atomic E-state index is -0.265. The summed E-state index contributed by atoms with van der Waals surface area (Å²) >= 11 is 0. The molecule has 0 aliphatic heterocycles. The molecule has 0 amide bonds. The average Bonchev–Trinajstić information content (AvgIpc) is 1.56. The summed E-state index contributed by atoms with van der Waals surface area (Å²) in [6, 6.07) is 132. The van der Waals surface area contributed by atoms with Gasteiger partial charge in [-0.1, -0.05) is 325 Å². The molecule has 522 valence electrons. The van der Waals surface area contributed by atoms with Gasteiger partial charge in [-0.2, -0.15) is 0 Å². The van der Waals surface area contributed by atoms with Crippen LogP contribution in [0.5, 0.6) is 0 Å². The van der Waals surface area contributed by atoms with Crippen molar-refractivity contribution >= 4 is 130 Å². The second-order valence-corrected chi connectivity index (χ2v) is 32.4. The second kappa shape index (κ2) is 23.3. The van der Waals surface area contributed by atoms with Gasteiger partial charge in [-0.05, 0) is 252 Å². The molecule has 22 aromatic rings. The molecule has 0 saturated carbocycles.